The summed E-state index contributed by atoms with van der Waals surface area (Å²) in [4.78, 5) is 32.1. The van der Waals surface area contributed by atoms with Gasteiger partial charge in [-0.05, 0) is 48.1 Å². The Balaban J connectivity index is 1.49. The maximum Gasteiger partial charge on any atom is 0.265 e. The van der Waals surface area contributed by atoms with Crippen molar-refractivity contribution in [2.45, 2.75) is 26.2 Å². The summed E-state index contributed by atoms with van der Waals surface area (Å²) in [5.74, 6) is -0.339. The van der Waals surface area contributed by atoms with Crippen LogP contribution in [-0.4, -0.2) is 33.6 Å². The number of carbonyl (C=O) groups excluding carboxylic acids is 2. The van der Waals surface area contributed by atoms with Crippen molar-refractivity contribution in [3.8, 4) is 0 Å². The fourth-order valence-electron chi connectivity index (χ4n) is 3.32. The highest BCUT2D eigenvalue weighted by atomic mass is 32.1. The van der Waals surface area contributed by atoms with E-state index in [9.17, 15) is 9.59 Å². The molecule has 0 saturated carbocycles. The van der Waals surface area contributed by atoms with Gasteiger partial charge in [-0.1, -0.05) is 23.9 Å². The number of primary amides is 1. The third kappa shape index (κ3) is 3.37. The van der Waals surface area contributed by atoms with Crippen LogP contribution in [0.15, 0.2) is 24.3 Å². The van der Waals surface area contributed by atoms with E-state index in [1.54, 1.807) is 12.1 Å². The number of nitrogens with two attached hydrogens (primary N) is 1. The Morgan fingerprint density at radius 1 is 1.41 bits per heavy atom. The zero-order valence-corrected chi connectivity index (χ0v) is 15.6. The molecule has 4 rings (SSSR count). The van der Waals surface area contributed by atoms with Gasteiger partial charge in [-0.3, -0.25) is 9.59 Å². The van der Waals surface area contributed by atoms with E-state index in [0.29, 0.717) is 27.5 Å². The lowest BCUT2D eigenvalue weighted by molar-refractivity contribution is -0.121. The predicted molar refractivity (Wildman–Crippen MR) is 102 cm³/mol. The molecule has 1 aliphatic rings. The average molecular weight is 385 g/mol. The van der Waals surface area contributed by atoms with Crippen molar-refractivity contribution in [1.82, 2.24) is 15.2 Å². The summed E-state index contributed by atoms with van der Waals surface area (Å²) < 4.78 is 0. The van der Waals surface area contributed by atoms with Gasteiger partial charge < -0.3 is 15.9 Å². The van der Waals surface area contributed by atoms with Gasteiger partial charge in [-0.15, -0.1) is 16.4 Å². The molecule has 2 heterocycles. The minimum absolute atomic E-state index is 0.259. The summed E-state index contributed by atoms with van der Waals surface area (Å²) in [5.41, 5.74) is 8.32. The van der Waals surface area contributed by atoms with Crippen LogP contribution in [0.1, 0.15) is 34.1 Å². The van der Waals surface area contributed by atoms with Crippen LogP contribution in [0.5, 0.6) is 0 Å². The molecule has 0 spiro atoms. The minimum atomic E-state index is -0.513. The Hall–Kier alpha value is -2.94. The number of hydrogen-bond donors (Lipinski definition) is 2. The number of fused-ring (bicyclic) bond motifs is 2. The van der Waals surface area contributed by atoms with Crippen LogP contribution in [-0.2, 0) is 17.6 Å². The Labute approximate surface area is 159 Å². The fourth-order valence-corrected chi connectivity index (χ4v) is 4.76. The van der Waals surface area contributed by atoms with Gasteiger partial charge in [0.1, 0.15) is 16.0 Å². The lowest BCUT2D eigenvalue weighted by Gasteiger charge is -2.18. The Morgan fingerprint density at radius 3 is 3.04 bits per heavy atom. The van der Waals surface area contributed by atoms with Gasteiger partial charge in [0.05, 0.1) is 5.56 Å². The van der Waals surface area contributed by atoms with Crippen LogP contribution in [0, 0.1) is 5.92 Å². The van der Waals surface area contributed by atoms with Crippen LogP contribution >= 0.6 is 11.3 Å². The molecule has 0 bridgehead atoms. The molecule has 2 aromatic heterocycles. The second-order valence-electron chi connectivity index (χ2n) is 6.69. The van der Waals surface area contributed by atoms with Gasteiger partial charge in [0, 0.05) is 4.88 Å². The summed E-state index contributed by atoms with van der Waals surface area (Å²) >= 11 is 1.43. The number of para-hydroxylation sites is 1. The molecule has 0 fully saturated rings. The van der Waals surface area contributed by atoms with Gasteiger partial charge in [-0.25, -0.2) is 0 Å². The van der Waals surface area contributed by atoms with E-state index in [-0.39, 0.29) is 12.5 Å². The van der Waals surface area contributed by atoms with Crippen molar-refractivity contribution >= 4 is 39.2 Å². The molecular formula is C18H19N5O3S. The van der Waals surface area contributed by atoms with Crippen molar-refractivity contribution in [1.29, 1.82) is 0 Å². The topological polar surface area (TPSA) is 112 Å². The Kier molecular flexibility index (Phi) is 4.53. The smallest absolute Gasteiger partial charge is 0.265 e. The van der Waals surface area contributed by atoms with Crippen molar-refractivity contribution < 1.29 is 14.4 Å². The first kappa shape index (κ1) is 17.5. The molecule has 9 heteroatoms. The number of thiophene rings is 1. The van der Waals surface area contributed by atoms with E-state index in [4.69, 9.17) is 10.6 Å². The Bertz CT molecular complexity index is 1030. The van der Waals surface area contributed by atoms with Crippen molar-refractivity contribution in [2.24, 2.45) is 11.7 Å². The van der Waals surface area contributed by atoms with E-state index in [1.807, 2.05) is 12.1 Å². The molecule has 140 valence electrons. The minimum Gasteiger partial charge on any atom is -0.385 e. The summed E-state index contributed by atoms with van der Waals surface area (Å²) in [7, 11) is 0. The predicted octanol–water partition coefficient (Wildman–Crippen LogP) is 1.78. The van der Waals surface area contributed by atoms with Crippen LogP contribution < -0.4 is 15.9 Å². The summed E-state index contributed by atoms with van der Waals surface area (Å²) in [6.07, 6.45) is 2.72. The average Bonchev–Trinajstić information content (AvgIpc) is 3.20. The molecule has 27 heavy (non-hydrogen) atoms. The van der Waals surface area contributed by atoms with Gasteiger partial charge in [0.15, 0.2) is 6.61 Å². The van der Waals surface area contributed by atoms with Crippen LogP contribution in [0.25, 0.3) is 11.0 Å². The second kappa shape index (κ2) is 6.99. The standard InChI is InChI=1S/C18H19N5O3S/c1-10-6-7-11-14(8-10)27-18(16(11)17(19)25)20-15(24)9-26-23-13-5-3-2-4-12(13)21-22-23/h2-5,10H,6-9H2,1H3,(H2,19,25)(H,20,24). The number of aromatic nitrogens is 3. The number of carbonyl (C=O) groups is 2. The Morgan fingerprint density at radius 2 is 2.22 bits per heavy atom. The van der Waals surface area contributed by atoms with Crippen molar-refractivity contribution in [2.75, 3.05) is 11.9 Å². The second-order valence-corrected chi connectivity index (χ2v) is 7.80. The number of hydrogen-bond acceptors (Lipinski definition) is 6. The SMILES string of the molecule is CC1CCc2c(sc(NC(=O)COn3nnc4ccccc43)c2C(N)=O)C1. The summed E-state index contributed by atoms with van der Waals surface area (Å²) in [6, 6.07) is 7.28. The molecule has 1 unspecified atom stereocenters. The number of benzene rings is 1. The van der Waals surface area contributed by atoms with E-state index in [0.717, 1.165) is 29.7 Å². The zero-order chi connectivity index (χ0) is 19.0. The van der Waals surface area contributed by atoms with Crippen molar-refractivity contribution in [3.05, 3.63) is 40.3 Å². The maximum atomic E-state index is 12.4. The number of rotatable bonds is 5. The van der Waals surface area contributed by atoms with E-state index in [1.165, 1.54) is 16.2 Å². The van der Waals surface area contributed by atoms with Gasteiger partial charge >= 0.3 is 0 Å². The van der Waals surface area contributed by atoms with Crippen LogP contribution in [0.3, 0.4) is 0 Å². The highest BCUT2D eigenvalue weighted by Crippen LogP contribution is 2.39. The van der Waals surface area contributed by atoms with Gasteiger partial charge in [0.2, 0.25) is 0 Å². The normalized spacial score (nSPS) is 16.1. The molecule has 2 amide bonds. The molecule has 0 aliphatic heterocycles. The quantitative estimate of drug-likeness (QED) is 0.695. The largest absolute Gasteiger partial charge is 0.385 e. The molecule has 0 saturated heterocycles. The number of anilines is 1. The zero-order valence-electron chi connectivity index (χ0n) is 14.8. The molecule has 0 radical (unpaired) electrons. The molecule has 1 atom stereocenters. The first-order valence-electron chi connectivity index (χ1n) is 8.71. The van der Waals surface area contributed by atoms with E-state index >= 15 is 0 Å². The lowest BCUT2D eigenvalue weighted by Crippen LogP contribution is -2.27. The van der Waals surface area contributed by atoms with Crippen molar-refractivity contribution in [3.63, 3.8) is 0 Å². The first-order chi connectivity index (χ1) is 13.0. The molecular weight excluding hydrogens is 366 g/mol. The number of amides is 2. The lowest BCUT2D eigenvalue weighted by atomic mass is 9.88. The first-order valence-corrected chi connectivity index (χ1v) is 9.52. The third-order valence-electron chi connectivity index (χ3n) is 4.65. The third-order valence-corrected chi connectivity index (χ3v) is 5.82. The molecule has 8 nitrogen and oxygen atoms in total. The molecule has 1 aromatic carbocycles. The highest BCUT2D eigenvalue weighted by Gasteiger charge is 2.27. The van der Waals surface area contributed by atoms with Crippen LogP contribution in [0.4, 0.5) is 5.00 Å². The molecule has 3 N–H and O–H groups in total. The van der Waals surface area contributed by atoms with E-state index < -0.39 is 5.91 Å². The van der Waals surface area contributed by atoms with Gasteiger partial charge in [-0.2, -0.15) is 0 Å². The molecule has 1 aliphatic carbocycles. The van der Waals surface area contributed by atoms with E-state index in [2.05, 4.69) is 22.6 Å². The summed E-state index contributed by atoms with van der Waals surface area (Å²) in [5, 5.41) is 11.1. The van der Waals surface area contributed by atoms with Crippen LogP contribution in [0.2, 0.25) is 0 Å². The fraction of sp³-hybridized carbons (Fsp3) is 0.333. The van der Waals surface area contributed by atoms with Gasteiger partial charge in [0.25, 0.3) is 11.8 Å². The molecule has 3 aromatic rings. The highest BCUT2D eigenvalue weighted by molar-refractivity contribution is 7.17. The maximum absolute atomic E-state index is 12.4. The monoisotopic (exact) mass is 385 g/mol. The number of nitrogens with zero attached hydrogens (tertiary/aromatic N) is 3. The summed E-state index contributed by atoms with van der Waals surface area (Å²) in [6.45, 7) is 1.92. The number of nitrogens with one attached hydrogen (secondary N) is 1.